The smallest absolute Gasteiger partial charge is 0.327 e. The Morgan fingerprint density at radius 3 is 2.78 bits per heavy atom. The monoisotopic (exact) mass is 451 g/mol. The predicted octanol–water partition coefficient (Wildman–Crippen LogP) is 5.19. The first-order chi connectivity index (χ1) is 15.7. The number of rotatable bonds is 9. The van der Waals surface area contributed by atoms with Gasteiger partial charge in [0.2, 0.25) is 0 Å². The molecule has 1 unspecified atom stereocenters. The van der Waals surface area contributed by atoms with Crippen LogP contribution in [0.15, 0.2) is 59.6 Å². The summed E-state index contributed by atoms with van der Waals surface area (Å²) < 4.78 is 16.1. The minimum absolute atomic E-state index is 0.176. The van der Waals surface area contributed by atoms with E-state index in [2.05, 4.69) is 46.2 Å². The number of esters is 1. The molecule has 1 N–H and O–H groups in total. The summed E-state index contributed by atoms with van der Waals surface area (Å²) in [6.45, 7) is 5.04. The molecule has 0 saturated carbocycles. The lowest BCUT2D eigenvalue weighted by molar-refractivity contribution is -0.144. The van der Waals surface area contributed by atoms with E-state index >= 15 is 0 Å². The van der Waals surface area contributed by atoms with Crippen molar-refractivity contribution in [3.05, 3.63) is 66.0 Å². The van der Waals surface area contributed by atoms with Crippen molar-refractivity contribution < 1.29 is 14.3 Å². The van der Waals surface area contributed by atoms with E-state index in [0.717, 1.165) is 46.7 Å². The molecule has 0 saturated heterocycles. The number of carbonyl (C=O) groups is 1. The Morgan fingerprint density at radius 1 is 1.16 bits per heavy atom. The fourth-order valence-electron chi connectivity index (χ4n) is 3.99. The number of nitrogens with one attached hydrogen (secondary N) is 1. The lowest BCUT2D eigenvalue weighted by Crippen LogP contribution is -2.22. The van der Waals surface area contributed by atoms with E-state index in [1.165, 1.54) is 5.56 Å². The van der Waals surface area contributed by atoms with Crippen molar-refractivity contribution in [3.8, 4) is 16.9 Å². The van der Waals surface area contributed by atoms with Crippen molar-refractivity contribution in [2.75, 3.05) is 13.2 Å². The molecule has 0 radical (unpaired) electrons. The van der Waals surface area contributed by atoms with Gasteiger partial charge >= 0.3 is 5.97 Å². The van der Waals surface area contributed by atoms with Gasteiger partial charge < -0.3 is 9.47 Å². The fourth-order valence-corrected chi connectivity index (χ4v) is 4.79. The minimum atomic E-state index is -0.241. The normalized spacial score (nSPS) is 15.2. The molecule has 1 atom stereocenters. The molecule has 0 bridgehead atoms. The summed E-state index contributed by atoms with van der Waals surface area (Å²) in [4.78, 5) is 13.0. The van der Waals surface area contributed by atoms with Crippen molar-refractivity contribution in [2.45, 2.75) is 50.6 Å². The third-order valence-electron chi connectivity index (χ3n) is 5.50. The Kier molecular flexibility index (Phi) is 7.50. The first-order valence-corrected chi connectivity index (χ1v) is 12.0. The van der Waals surface area contributed by atoms with E-state index in [9.17, 15) is 4.79 Å². The molecule has 1 aliphatic carbocycles. The van der Waals surface area contributed by atoms with E-state index in [1.807, 2.05) is 32.2 Å². The second kappa shape index (κ2) is 10.7. The van der Waals surface area contributed by atoms with Crippen LogP contribution in [0.2, 0.25) is 0 Å². The van der Waals surface area contributed by atoms with Crippen LogP contribution in [-0.4, -0.2) is 29.0 Å². The molecule has 0 fully saturated rings. The van der Waals surface area contributed by atoms with Gasteiger partial charge in [-0.2, -0.15) is 5.10 Å². The highest BCUT2D eigenvalue weighted by atomic mass is 32.2. The van der Waals surface area contributed by atoms with Crippen molar-refractivity contribution in [3.63, 3.8) is 0 Å². The Labute approximate surface area is 193 Å². The Morgan fingerprint density at radius 2 is 2.00 bits per heavy atom. The topological polar surface area (TPSA) is 65.4 Å². The van der Waals surface area contributed by atoms with Crippen LogP contribution in [0.1, 0.15) is 44.0 Å². The molecular formula is C25H29N3O3S. The van der Waals surface area contributed by atoms with Crippen LogP contribution >= 0.6 is 11.9 Å². The summed E-state index contributed by atoms with van der Waals surface area (Å²) in [6.07, 6.45) is 4.94. The first-order valence-electron chi connectivity index (χ1n) is 11.1. The molecule has 1 aromatic heterocycles. The highest BCUT2D eigenvalue weighted by Gasteiger charge is 2.25. The SMILES string of the molecule is CCOC(=O)Cn1ncc2c1CCCC2NSc1ccc(-c2cccc(OCC)c2)cc1. The molecule has 32 heavy (non-hydrogen) atoms. The highest BCUT2D eigenvalue weighted by Crippen LogP contribution is 2.33. The molecule has 3 aromatic rings. The van der Waals surface area contributed by atoms with Crippen LogP contribution in [-0.2, 0) is 22.5 Å². The average molecular weight is 452 g/mol. The van der Waals surface area contributed by atoms with Gasteiger partial charge in [-0.05, 0) is 80.5 Å². The lowest BCUT2D eigenvalue weighted by Gasteiger charge is -2.23. The maximum Gasteiger partial charge on any atom is 0.327 e. The van der Waals surface area contributed by atoms with E-state index < -0.39 is 0 Å². The number of nitrogens with zero attached hydrogens (tertiary/aromatic N) is 2. The van der Waals surface area contributed by atoms with Gasteiger partial charge in [0.15, 0.2) is 0 Å². The molecule has 2 aromatic carbocycles. The second-order valence-corrected chi connectivity index (χ2v) is 8.57. The molecule has 1 heterocycles. The van der Waals surface area contributed by atoms with Gasteiger partial charge in [0.25, 0.3) is 0 Å². The van der Waals surface area contributed by atoms with Crippen LogP contribution in [0.4, 0.5) is 0 Å². The summed E-state index contributed by atoms with van der Waals surface area (Å²) in [5.74, 6) is 0.650. The zero-order valence-corrected chi connectivity index (χ0v) is 19.4. The van der Waals surface area contributed by atoms with Crippen molar-refractivity contribution in [1.29, 1.82) is 0 Å². The fraction of sp³-hybridized carbons (Fsp3) is 0.360. The molecule has 168 valence electrons. The number of aromatic nitrogens is 2. The van der Waals surface area contributed by atoms with Gasteiger partial charge in [-0.3, -0.25) is 14.2 Å². The Bertz CT molecular complexity index is 1050. The molecule has 0 spiro atoms. The van der Waals surface area contributed by atoms with Crippen molar-refractivity contribution >= 4 is 17.9 Å². The molecule has 4 rings (SSSR count). The third-order valence-corrected chi connectivity index (χ3v) is 6.41. The summed E-state index contributed by atoms with van der Waals surface area (Å²) in [5, 5.41) is 4.45. The number of carbonyl (C=O) groups excluding carboxylic acids is 1. The minimum Gasteiger partial charge on any atom is -0.494 e. The van der Waals surface area contributed by atoms with Crippen molar-refractivity contribution in [1.82, 2.24) is 14.5 Å². The van der Waals surface area contributed by atoms with Gasteiger partial charge in [0.05, 0.1) is 19.4 Å². The number of benzene rings is 2. The number of hydrogen-bond donors (Lipinski definition) is 1. The zero-order valence-electron chi connectivity index (χ0n) is 18.5. The van der Waals surface area contributed by atoms with E-state index in [0.29, 0.717) is 13.2 Å². The average Bonchev–Trinajstić information content (AvgIpc) is 3.22. The molecule has 6 nitrogen and oxygen atoms in total. The van der Waals surface area contributed by atoms with Gasteiger partial charge in [-0.25, -0.2) is 0 Å². The third kappa shape index (κ3) is 5.34. The Balaban J connectivity index is 1.39. The van der Waals surface area contributed by atoms with E-state index in [-0.39, 0.29) is 18.6 Å². The van der Waals surface area contributed by atoms with Crippen LogP contribution in [0.25, 0.3) is 11.1 Å². The van der Waals surface area contributed by atoms with Crippen LogP contribution in [0, 0.1) is 0 Å². The number of fused-ring (bicyclic) bond motifs is 1. The van der Waals surface area contributed by atoms with E-state index in [4.69, 9.17) is 9.47 Å². The summed E-state index contributed by atoms with van der Waals surface area (Å²) in [5.41, 5.74) is 4.62. The largest absolute Gasteiger partial charge is 0.494 e. The van der Waals surface area contributed by atoms with E-state index in [1.54, 1.807) is 16.6 Å². The van der Waals surface area contributed by atoms with Crippen LogP contribution in [0.3, 0.4) is 0 Å². The quantitative estimate of drug-likeness (QED) is 0.357. The molecule has 1 aliphatic rings. The van der Waals surface area contributed by atoms with Gasteiger partial charge in [-0.15, -0.1) is 0 Å². The standard InChI is InChI=1S/C25H29N3O3S/c1-3-30-20-8-5-7-19(15-20)18-11-13-21(14-12-18)32-27-23-9-6-10-24-22(23)16-26-28(24)17-25(29)31-4-2/h5,7-8,11-16,23,27H,3-4,6,9-10,17H2,1-2H3. The second-order valence-electron chi connectivity index (χ2n) is 7.66. The maximum absolute atomic E-state index is 11.9. The number of ether oxygens (including phenoxy) is 2. The van der Waals surface area contributed by atoms with Crippen LogP contribution < -0.4 is 9.46 Å². The highest BCUT2D eigenvalue weighted by molar-refractivity contribution is 7.97. The summed E-state index contributed by atoms with van der Waals surface area (Å²) in [6, 6.07) is 16.9. The Hall–Kier alpha value is -2.77. The molecule has 7 heteroatoms. The summed E-state index contributed by atoms with van der Waals surface area (Å²) in [7, 11) is 0. The van der Waals surface area contributed by atoms with Crippen molar-refractivity contribution in [2.24, 2.45) is 0 Å². The molecular weight excluding hydrogens is 422 g/mol. The lowest BCUT2D eigenvalue weighted by atomic mass is 9.94. The summed E-state index contributed by atoms with van der Waals surface area (Å²) >= 11 is 1.63. The number of hydrogen-bond acceptors (Lipinski definition) is 6. The van der Waals surface area contributed by atoms with Gasteiger partial charge in [0.1, 0.15) is 12.3 Å². The first kappa shape index (κ1) is 22.4. The molecule has 0 amide bonds. The zero-order chi connectivity index (χ0) is 22.3. The van der Waals surface area contributed by atoms with Gasteiger partial charge in [0, 0.05) is 22.2 Å². The maximum atomic E-state index is 11.9. The predicted molar refractivity (Wildman–Crippen MR) is 127 cm³/mol. The molecule has 0 aliphatic heterocycles. The van der Waals surface area contributed by atoms with Gasteiger partial charge in [-0.1, -0.05) is 24.3 Å². The van der Waals surface area contributed by atoms with Crippen LogP contribution in [0.5, 0.6) is 5.75 Å².